The van der Waals surface area contributed by atoms with E-state index in [1.807, 2.05) is 0 Å². The number of carbonyl (C=O) groups is 2. The molecule has 1 atom stereocenters. The van der Waals surface area contributed by atoms with Gasteiger partial charge in [0.2, 0.25) is 0 Å². The van der Waals surface area contributed by atoms with E-state index in [0.29, 0.717) is 32.7 Å². The smallest absolute Gasteiger partial charge is 0.317 e. The first kappa shape index (κ1) is 13.5. The number of amides is 2. The Hall–Kier alpha value is -1.56. The van der Waals surface area contributed by atoms with E-state index in [0.717, 1.165) is 0 Å². The van der Waals surface area contributed by atoms with Crippen LogP contribution < -0.4 is 5.32 Å². The van der Waals surface area contributed by atoms with E-state index in [9.17, 15) is 9.59 Å². The Balaban J connectivity index is 2.34. The van der Waals surface area contributed by atoms with Gasteiger partial charge < -0.3 is 20.1 Å². The summed E-state index contributed by atoms with van der Waals surface area (Å²) in [4.78, 5) is 23.8. The summed E-state index contributed by atoms with van der Waals surface area (Å²) in [6, 6.07) is -0.175. The molecule has 0 aromatic rings. The van der Waals surface area contributed by atoms with Crippen LogP contribution in [0.15, 0.2) is 12.7 Å². The molecular formula is C11H18N2O4. The van der Waals surface area contributed by atoms with Crippen LogP contribution in [0.4, 0.5) is 4.79 Å². The van der Waals surface area contributed by atoms with Crippen molar-refractivity contribution in [3.8, 4) is 0 Å². The van der Waals surface area contributed by atoms with Crippen LogP contribution >= 0.6 is 0 Å². The lowest BCUT2D eigenvalue weighted by atomic mass is 10.2. The van der Waals surface area contributed by atoms with Gasteiger partial charge in [-0.2, -0.15) is 0 Å². The third kappa shape index (κ3) is 4.86. The van der Waals surface area contributed by atoms with Gasteiger partial charge in [0.1, 0.15) is 0 Å². The predicted octanol–water partition coefficient (Wildman–Crippen LogP) is 0.448. The topological polar surface area (TPSA) is 78.9 Å². The molecule has 1 rings (SSSR count). The second-order valence-electron chi connectivity index (χ2n) is 3.85. The zero-order chi connectivity index (χ0) is 12.7. The molecule has 1 aliphatic heterocycles. The van der Waals surface area contributed by atoms with Crippen molar-refractivity contribution >= 4 is 12.0 Å². The number of carboxylic acids is 1. The first-order valence-electron chi connectivity index (χ1n) is 5.60. The lowest BCUT2D eigenvalue weighted by Crippen LogP contribution is -2.50. The molecule has 96 valence electrons. The lowest BCUT2D eigenvalue weighted by molar-refractivity contribution is -0.141. The number of carbonyl (C=O) groups excluding carboxylic acids is 1. The first-order chi connectivity index (χ1) is 8.13. The Kier molecular flexibility index (Phi) is 5.48. The summed E-state index contributed by atoms with van der Waals surface area (Å²) in [5, 5.41) is 11.4. The molecule has 0 radical (unpaired) electrons. The molecule has 1 saturated heterocycles. The van der Waals surface area contributed by atoms with Gasteiger partial charge in [0.25, 0.3) is 0 Å². The predicted molar refractivity (Wildman–Crippen MR) is 61.8 cm³/mol. The van der Waals surface area contributed by atoms with Crippen LogP contribution in [0.25, 0.3) is 0 Å². The van der Waals surface area contributed by atoms with Crippen LogP contribution in [0.3, 0.4) is 0 Å². The zero-order valence-corrected chi connectivity index (χ0v) is 9.72. The van der Waals surface area contributed by atoms with Crippen LogP contribution in [-0.2, 0) is 9.53 Å². The number of nitrogens with one attached hydrogen (secondary N) is 1. The fourth-order valence-corrected chi connectivity index (χ4v) is 1.62. The van der Waals surface area contributed by atoms with E-state index in [4.69, 9.17) is 9.84 Å². The van der Waals surface area contributed by atoms with Crippen molar-refractivity contribution in [2.75, 3.05) is 26.2 Å². The minimum atomic E-state index is -0.913. The Morgan fingerprint density at radius 2 is 2.35 bits per heavy atom. The molecule has 17 heavy (non-hydrogen) atoms. The van der Waals surface area contributed by atoms with Crippen molar-refractivity contribution in [1.29, 1.82) is 0 Å². The second-order valence-corrected chi connectivity index (χ2v) is 3.85. The molecule has 1 aliphatic rings. The molecule has 0 spiro atoms. The Morgan fingerprint density at radius 3 is 3.00 bits per heavy atom. The molecular weight excluding hydrogens is 224 g/mol. The highest BCUT2D eigenvalue weighted by Gasteiger charge is 2.25. The first-order valence-corrected chi connectivity index (χ1v) is 5.60. The van der Waals surface area contributed by atoms with Crippen LogP contribution in [0, 0.1) is 0 Å². The van der Waals surface area contributed by atoms with E-state index < -0.39 is 12.1 Å². The van der Waals surface area contributed by atoms with E-state index in [1.165, 1.54) is 0 Å². The van der Waals surface area contributed by atoms with E-state index in [1.54, 1.807) is 11.0 Å². The highest BCUT2D eigenvalue weighted by Crippen LogP contribution is 2.08. The summed E-state index contributed by atoms with van der Waals surface area (Å²) < 4.78 is 5.28. The highest BCUT2D eigenvalue weighted by molar-refractivity contribution is 5.74. The van der Waals surface area contributed by atoms with Crippen molar-refractivity contribution < 1.29 is 19.4 Å². The third-order valence-corrected chi connectivity index (χ3v) is 2.45. The van der Waals surface area contributed by atoms with E-state index >= 15 is 0 Å². The molecule has 0 aromatic heterocycles. The molecule has 0 saturated carbocycles. The van der Waals surface area contributed by atoms with Crippen LogP contribution in [-0.4, -0.2) is 54.4 Å². The Labute approximate surface area is 100 Å². The van der Waals surface area contributed by atoms with Gasteiger partial charge in [-0.05, 0) is 6.42 Å². The monoisotopic (exact) mass is 242 g/mol. The number of carboxylic acid groups (broad SMARTS) is 1. The van der Waals surface area contributed by atoms with E-state index in [-0.39, 0.29) is 12.5 Å². The maximum absolute atomic E-state index is 11.7. The van der Waals surface area contributed by atoms with Crippen molar-refractivity contribution in [3.63, 3.8) is 0 Å². The number of urea groups is 1. The van der Waals surface area contributed by atoms with Crippen LogP contribution in [0.1, 0.15) is 12.8 Å². The molecule has 1 heterocycles. The second kappa shape index (κ2) is 6.90. The van der Waals surface area contributed by atoms with Crippen LogP contribution in [0.2, 0.25) is 0 Å². The van der Waals surface area contributed by atoms with Crippen molar-refractivity contribution in [2.24, 2.45) is 0 Å². The maximum atomic E-state index is 11.7. The molecule has 0 aromatic carbocycles. The minimum absolute atomic E-state index is 0.0730. The molecule has 1 fully saturated rings. The van der Waals surface area contributed by atoms with Crippen molar-refractivity contribution in [2.45, 2.75) is 18.9 Å². The fourth-order valence-electron chi connectivity index (χ4n) is 1.62. The largest absolute Gasteiger partial charge is 0.481 e. The lowest BCUT2D eigenvalue weighted by Gasteiger charge is -2.32. The van der Waals surface area contributed by atoms with Crippen molar-refractivity contribution in [3.05, 3.63) is 12.7 Å². The normalized spacial score (nSPS) is 19.8. The zero-order valence-electron chi connectivity index (χ0n) is 9.72. The van der Waals surface area contributed by atoms with Gasteiger partial charge >= 0.3 is 12.0 Å². The standard InChI is InChI=1S/C11H18N2O4/c1-2-3-4-12-11(16)13-5-6-17-9(8-13)7-10(14)15/h2,9H,1,3-8H2,(H,12,16)(H,14,15). The number of rotatable bonds is 5. The quantitative estimate of drug-likeness (QED) is 0.542. The van der Waals surface area contributed by atoms with Gasteiger partial charge in [0, 0.05) is 19.6 Å². The molecule has 2 N–H and O–H groups in total. The Bertz CT molecular complexity index is 293. The number of nitrogens with zero attached hydrogens (tertiary/aromatic N) is 1. The molecule has 1 unspecified atom stereocenters. The SMILES string of the molecule is C=CCCNC(=O)N1CCOC(CC(=O)O)C1. The molecule has 0 bridgehead atoms. The molecule has 2 amide bonds. The number of morpholine rings is 1. The van der Waals surface area contributed by atoms with Crippen molar-refractivity contribution in [1.82, 2.24) is 10.2 Å². The van der Waals surface area contributed by atoms with Gasteiger partial charge in [-0.1, -0.05) is 6.08 Å². The number of aliphatic carboxylic acids is 1. The molecule has 0 aliphatic carbocycles. The summed E-state index contributed by atoms with van der Waals surface area (Å²) in [5.41, 5.74) is 0. The minimum Gasteiger partial charge on any atom is -0.481 e. The number of hydrogen-bond donors (Lipinski definition) is 2. The van der Waals surface area contributed by atoms with E-state index in [2.05, 4.69) is 11.9 Å². The van der Waals surface area contributed by atoms with Gasteiger partial charge in [-0.15, -0.1) is 6.58 Å². The Morgan fingerprint density at radius 1 is 1.59 bits per heavy atom. The highest BCUT2D eigenvalue weighted by atomic mass is 16.5. The number of ether oxygens (including phenoxy) is 1. The summed E-state index contributed by atoms with van der Waals surface area (Å²) in [6.45, 7) is 5.31. The average molecular weight is 242 g/mol. The summed E-state index contributed by atoms with van der Waals surface area (Å²) in [7, 11) is 0. The van der Waals surface area contributed by atoms with Gasteiger partial charge in [-0.25, -0.2) is 4.79 Å². The molecule has 6 heteroatoms. The maximum Gasteiger partial charge on any atom is 0.317 e. The van der Waals surface area contributed by atoms with Gasteiger partial charge in [0.15, 0.2) is 0 Å². The van der Waals surface area contributed by atoms with Gasteiger partial charge in [0.05, 0.1) is 19.1 Å². The van der Waals surface area contributed by atoms with Gasteiger partial charge in [-0.3, -0.25) is 4.79 Å². The molecule has 6 nitrogen and oxygen atoms in total. The summed E-state index contributed by atoms with van der Waals surface area (Å²) >= 11 is 0. The summed E-state index contributed by atoms with van der Waals surface area (Å²) in [6.07, 6.45) is 1.96. The summed E-state index contributed by atoms with van der Waals surface area (Å²) in [5.74, 6) is -0.913. The fraction of sp³-hybridized carbons (Fsp3) is 0.636. The average Bonchev–Trinajstić information content (AvgIpc) is 2.28. The third-order valence-electron chi connectivity index (χ3n) is 2.45. The van der Waals surface area contributed by atoms with Crippen LogP contribution in [0.5, 0.6) is 0 Å². The number of hydrogen-bond acceptors (Lipinski definition) is 3.